The van der Waals surface area contributed by atoms with Gasteiger partial charge in [0.2, 0.25) is 0 Å². The van der Waals surface area contributed by atoms with Crippen LogP contribution >= 0.6 is 15.9 Å². The SMILES string of the molecule is O=C(c1cc(Br)cc2c1OCC2)C1CCCCCCC1. The quantitative estimate of drug-likeness (QED) is 0.716. The second kappa shape index (κ2) is 6.30. The smallest absolute Gasteiger partial charge is 0.169 e. The zero-order valence-electron chi connectivity index (χ0n) is 11.8. The highest BCUT2D eigenvalue weighted by Gasteiger charge is 2.27. The molecule has 1 aliphatic heterocycles. The van der Waals surface area contributed by atoms with Crippen molar-refractivity contribution in [2.45, 2.75) is 51.4 Å². The summed E-state index contributed by atoms with van der Waals surface area (Å²) in [5.41, 5.74) is 1.98. The molecule has 20 heavy (non-hydrogen) atoms. The molecule has 3 heteroatoms. The molecular weight excluding hydrogens is 316 g/mol. The number of hydrogen-bond donors (Lipinski definition) is 0. The Morgan fingerprint density at radius 1 is 1.10 bits per heavy atom. The Kier molecular flexibility index (Phi) is 4.45. The van der Waals surface area contributed by atoms with Crippen LogP contribution in [0.5, 0.6) is 5.75 Å². The monoisotopic (exact) mass is 336 g/mol. The minimum atomic E-state index is 0.192. The molecule has 3 rings (SSSR count). The van der Waals surface area contributed by atoms with Crippen LogP contribution in [0.1, 0.15) is 60.9 Å². The molecule has 0 atom stereocenters. The van der Waals surface area contributed by atoms with E-state index in [0.717, 1.165) is 35.0 Å². The van der Waals surface area contributed by atoms with Gasteiger partial charge in [-0.2, -0.15) is 0 Å². The summed E-state index contributed by atoms with van der Waals surface area (Å²) in [6.45, 7) is 0.705. The van der Waals surface area contributed by atoms with Crippen molar-refractivity contribution < 1.29 is 9.53 Å². The molecule has 0 unspecified atom stereocenters. The molecule has 0 N–H and O–H groups in total. The maximum atomic E-state index is 12.9. The number of rotatable bonds is 2. The van der Waals surface area contributed by atoms with Crippen LogP contribution in [0, 0.1) is 5.92 Å². The van der Waals surface area contributed by atoms with Crippen LogP contribution in [-0.2, 0) is 6.42 Å². The summed E-state index contributed by atoms with van der Waals surface area (Å²) < 4.78 is 6.71. The zero-order valence-corrected chi connectivity index (χ0v) is 13.4. The molecular formula is C17H21BrO2. The molecule has 0 aromatic heterocycles. The third-order valence-electron chi connectivity index (χ3n) is 4.49. The van der Waals surface area contributed by atoms with Crippen LogP contribution in [-0.4, -0.2) is 12.4 Å². The Hall–Kier alpha value is -0.830. The van der Waals surface area contributed by atoms with Gasteiger partial charge in [-0.3, -0.25) is 4.79 Å². The molecule has 1 aliphatic carbocycles. The highest BCUT2D eigenvalue weighted by molar-refractivity contribution is 9.10. The summed E-state index contributed by atoms with van der Waals surface area (Å²) in [4.78, 5) is 12.9. The van der Waals surface area contributed by atoms with Gasteiger partial charge in [0.25, 0.3) is 0 Å². The van der Waals surface area contributed by atoms with E-state index in [1.807, 2.05) is 6.07 Å². The standard InChI is InChI=1S/C17H21BrO2/c18-14-10-13-8-9-20-17(13)15(11-14)16(19)12-6-4-2-1-3-5-7-12/h10-12H,1-9H2. The van der Waals surface area contributed by atoms with E-state index in [1.165, 1.54) is 37.7 Å². The molecule has 0 bridgehead atoms. The maximum Gasteiger partial charge on any atom is 0.169 e. The summed E-state index contributed by atoms with van der Waals surface area (Å²) in [5.74, 6) is 1.34. The lowest BCUT2D eigenvalue weighted by Crippen LogP contribution is -2.17. The number of fused-ring (bicyclic) bond motifs is 1. The number of ketones is 1. The number of carbonyl (C=O) groups is 1. The molecule has 1 fully saturated rings. The molecule has 2 aliphatic rings. The molecule has 2 nitrogen and oxygen atoms in total. The van der Waals surface area contributed by atoms with E-state index in [9.17, 15) is 4.79 Å². The minimum absolute atomic E-state index is 0.192. The Morgan fingerprint density at radius 3 is 2.55 bits per heavy atom. The second-order valence-electron chi connectivity index (χ2n) is 5.95. The predicted octanol–water partition coefficient (Wildman–Crippen LogP) is 4.93. The molecule has 0 spiro atoms. The highest BCUT2D eigenvalue weighted by Crippen LogP contribution is 2.36. The second-order valence-corrected chi connectivity index (χ2v) is 6.86. The van der Waals surface area contributed by atoms with E-state index in [-0.39, 0.29) is 5.92 Å². The topological polar surface area (TPSA) is 26.3 Å². The van der Waals surface area contributed by atoms with Crippen LogP contribution in [0.25, 0.3) is 0 Å². The summed E-state index contributed by atoms with van der Waals surface area (Å²) in [6, 6.07) is 4.03. The lowest BCUT2D eigenvalue weighted by molar-refractivity contribution is 0.0895. The molecule has 1 saturated carbocycles. The molecule has 108 valence electrons. The first-order valence-corrected chi connectivity index (χ1v) is 8.54. The Labute approximate surface area is 129 Å². The number of Topliss-reactive ketones (excluding diaryl/α,β-unsaturated/α-hetero) is 1. The van der Waals surface area contributed by atoms with Gasteiger partial charge in [0.1, 0.15) is 5.75 Å². The van der Waals surface area contributed by atoms with Gasteiger partial charge in [-0.25, -0.2) is 0 Å². The third kappa shape index (κ3) is 2.93. The van der Waals surface area contributed by atoms with Crippen molar-refractivity contribution in [3.05, 3.63) is 27.7 Å². The number of ether oxygens (including phenoxy) is 1. The summed E-state index contributed by atoms with van der Waals surface area (Å²) >= 11 is 3.53. The summed E-state index contributed by atoms with van der Waals surface area (Å²) in [7, 11) is 0. The van der Waals surface area contributed by atoms with Crippen molar-refractivity contribution in [2.24, 2.45) is 5.92 Å². The van der Waals surface area contributed by atoms with Crippen molar-refractivity contribution in [1.82, 2.24) is 0 Å². The first-order valence-electron chi connectivity index (χ1n) is 7.75. The van der Waals surface area contributed by atoms with Gasteiger partial charge in [-0.15, -0.1) is 0 Å². The molecule has 1 heterocycles. The van der Waals surface area contributed by atoms with Gasteiger partial charge in [-0.05, 0) is 30.5 Å². The minimum Gasteiger partial charge on any atom is -0.492 e. The van der Waals surface area contributed by atoms with E-state index < -0.39 is 0 Å². The van der Waals surface area contributed by atoms with Gasteiger partial charge in [-0.1, -0.05) is 48.0 Å². The van der Waals surface area contributed by atoms with Gasteiger partial charge < -0.3 is 4.74 Å². The molecule has 0 radical (unpaired) electrons. The normalized spacial score (nSPS) is 19.9. The highest BCUT2D eigenvalue weighted by atomic mass is 79.9. The van der Waals surface area contributed by atoms with Crippen LogP contribution in [0.2, 0.25) is 0 Å². The maximum absolute atomic E-state index is 12.9. The van der Waals surface area contributed by atoms with Gasteiger partial charge in [0, 0.05) is 16.8 Å². The van der Waals surface area contributed by atoms with E-state index in [4.69, 9.17) is 4.74 Å². The fourth-order valence-corrected chi connectivity index (χ4v) is 3.90. The lowest BCUT2D eigenvalue weighted by Gasteiger charge is -2.19. The Balaban J connectivity index is 1.86. The lowest BCUT2D eigenvalue weighted by atomic mass is 9.85. The number of halogens is 1. The van der Waals surface area contributed by atoms with Crippen molar-refractivity contribution >= 4 is 21.7 Å². The fourth-order valence-electron chi connectivity index (χ4n) is 3.39. The van der Waals surface area contributed by atoms with Gasteiger partial charge >= 0.3 is 0 Å². The predicted molar refractivity (Wildman–Crippen MR) is 83.5 cm³/mol. The molecule has 1 aromatic carbocycles. The number of hydrogen-bond acceptors (Lipinski definition) is 2. The van der Waals surface area contributed by atoms with Crippen LogP contribution in [0.15, 0.2) is 16.6 Å². The average Bonchev–Trinajstić information content (AvgIpc) is 2.84. The van der Waals surface area contributed by atoms with Gasteiger partial charge in [0.05, 0.1) is 12.2 Å². The Morgan fingerprint density at radius 2 is 1.80 bits per heavy atom. The first kappa shape index (κ1) is 14.1. The van der Waals surface area contributed by atoms with Crippen molar-refractivity contribution in [1.29, 1.82) is 0 Å². The van der Waals surface area contributed by atoms with E-state index in [2.05, 4.69) is 22.0 Å². The van der Waals surface area contributed by atoms with Crippen molar-refractivity contribution in [2.75, 3.05) is 6.61 Å². The van der Waals surface area contributed by atoms with Crippen LogP contribution in [0.4, 0.5) is 0 Å². The van der Waals surface area contributed by atoms with Gasteiger partial charge in [0.15, 0.2) is 5.78 Å². The molecule has 0 amide bonds. The molecule has 1 aromatic rings. The van der Waals surface area contributed by atoms with Crippen molar-refractivity contribution in [3.8, 4) is 5.75 Å². The average molecular weight is 337 g/mol. The van der Waals surface area contributed by atoms with Crippen LogP contribution in [0.3, 0.4) is 0 Å². The number of carbonyl (C=O) groups excluding carboxylic acids is 1. The summed E-state index contributed by atoms with van der Waals surface area (Å²) in [6.07, 6.45) is 9.25. The van der Waals surface area contributed by atoms with Crippen LogP contribution < -0.4 is 4.74 Å². The summed E-state index contributed by atoms with van der Waals surface area (Å²) in [5, 5.41) is 0. The van der Waals surface area contributed by atoms with E-state index >= 15 is 0 Å². The fraction of sp³-hybridized carbons (Fsp3) is 0.588. The third-order valence-corrected chi connectivity index (χ3v) is 4.95. The zero-order chi connectivity index (χ0) is 13.9. The number of benzene rings is 1. The van der Waals surface area contributed by atoms with E-state index in [1.54, 1.807) is 0 Å². The van der Waals surface area contributed by atoms with Crippen molar-refractivity contribution in [3.63, 3.8) is 0 Å². The molecule has 0 saturated heterocycles. The Bertz CT molecular complexity index is 502. The largest absolute Gasteiger partial charge is 0.492 e. The first-order chi connectivity index (χ1) is 9.75. The van der Waals surface area contributed by atoms with E-state index in [0.29, 0.717) is 12.4 Å².